The fourth-order valence-corrected chi connectivity index (χ4v) is 4.63. The van der Waals surface area contributed by atoms with Crippen LogP contribution in [0.15, 0.2) is 46.6 Å². The summed E-state index contributed by atoms with van der Waals surface area (Å²) < 4.78 is 5.81. The van der Waals surface area contributed by atoms with Crippen LogP contribution in [0.5, 0.6) is 0 Å². The lowest BCUT2D eigenvalue weighted by molar-refractivity contribution is -0.144. The second-order valence-corrected chi connectivity index (χ2v) is 7.60. The zero-order valence-electron chi connectivity index (χ0n) is 15.2. The van der Waals surface area contributed by atoms with E-state index in [2.05, 4.69) is 4.99 Å². The van der Waals surface area contributed by atoms with E-state index >= 15 is 0 Å². The molecular formula is C22H25NO3. The van der Waals surface area contributed by atoms with Gasteiger partial charge in [-0.1, -0.05) is 30.3 Å². The van der Waals surface area contributed by atoms with Crippen molar-refractivity contribution in [3.8, 4) is 0 Å². The summed E-state index contributed by atoms with van der Waals surface area (Å²) in [5.41, 5.74) is 3.22. The van der Waals surface area contributed by atoms with Gasteiger partial charge in [0.05, 0.1) is 11.5 Å². The molecule has 0 spiro atoms. The van der Waals surface area contributed by atoms with Gasteiger partial charge in [0.25, 0.3) is 0 Å². The van der Waals surface area contributed by atoms with E-state index in [1.165, 1.54) is 0 Å². The van der Waals surface area contributed by atoms with Crippen molar-refractivity contribution in [1.82, 2.24) is 0 Å². The highest BCUT2D eigenvalue weighted by molar-refractivity contribution is 6.11. The minimum atomic E-state index is -0.319. The summed E-state index contributed by atoms with van der Waals surface area (Å²) in [5, 5.41) is 0. The minimum absolute atomic E-state index is 0.00616. The highest BCUT2D eigenvalue weighted by Crippen LogP contribution is 2.43. The fourth-order valence-electron chi connectivity index (χ4n) is 4.63. The van der Waals surface area contributed by atoms with Gasteiger partial charge >= 0.3 is 5.97 Å². The zero-order valence-corrected chi connectivity index (χ0v) is 15.2. The highest BCUT2D eigenvalue weighted by atomic mass is 16.5. The minimum Gasteiger partial charge on any atom is -0.459 e. The molecule has 1 aromatic rings. The van der Waals surface area contributed by atoms with Crippen molar-refractivity contribution in [3.63, 3.8) is 0 Å². The van der Waals surface area contributed by atoms with Crippen molar-refractivity contribution in [3.05, 3.63) is 47.2 Å². The lowest BCUT2D eigenvalue weighted by Gasteiger charge is -2.35. The molecule has 1 aromatic carbocycles. The van der Waals surface area contributed by atoms with Crippen LogP contribution in [0.3, 0.4) is 0 Å². The third kappa shape index (κ3) is 3.13. The van der Waals surface area contributed by atoms with Gasteiger partial charge < -0.3 is 4.74 Å². The normalized spacial score (nSPS) is 26.5. The molecule has 0 bridgehead atoms. The Balaban J connectivity index is 1.75. The van der Waals surface area contributed by atoms with Gasteiger partial charge in [0.2, 0.25) is 0 Å². The van der Waals surface area contributed by atoms with Crippen LogP contribution < -0.4 is 0 Å². The maximum atomic E-state index is 13.1. The van der Waals surface area contributed by atoms with E-state index in [1.54, 1.807) is 0 Å². The Bertz CT molecular complexity index is 772. The molecule has 2 atom stereocenters. The molecule has 1 aliphatic heterocycles. The molecule has 136 valence electrons. The second-order valence-electron chi connectivity index (χ2n) is 7.60. The predicted molar refractivity (Wildman–Crippen MR) is 100 cm³/mol. The number of carbonyl (C=O) groups is 2. The molecule has 0 N–H and O–H groups in total. The van der Waals surface area contributed by atoms with Crippen molar-refractivity contribution in [2.45, 2.75) is 63.9 Å². The maximum Gasteiger partial charge on any atom is 0.336 e. The first-order chi connectivity index (χ1) is 12.6. The van der Waals surface area contributed by atoms with Gasteiger partial charge in [-0.05, 0) is 51.0 Å². The molecule has 0 radical (unpaired) electrons. The number of benzene rings is 1. The number of aliphatic imine (C=N–C) groups is 1. The van der Waals surface area contributed by atoms with Crippen LogP contribution in [0.25, 0.3) is 0 Å². The SMILES string of the molecule is CC1=C(C(=O)OC2CCCC2)[C@@H](c2ccccc2)[C@@H]2C(=O)CCCC2=N1. The van der Waals surface area contributed by atoms with Crippen molar-refractivity contribution in [2.75, 3.05) is 0 Å². The summed E-state index contributed by atoms with van der Waals surface area (Å²) in [5.74, 6) is -0.682. The molecule has 0 aromatic heterocycles. The molecule has 26 heavy (non-hydrogen) atoms. The summed E-state index contributed by atoms with van der Waals surface area (Å²) in [7, 11) is 0. The van der Waals surface area contributed by atoms with Crippen LogP contribution in [0.4, 0.5) is 0 Å². The summed E-state index contributed by atoms with van der Waals surface area (Å²) in [6, 6.07) is 9.89. The van der Waals surface area contributed by atoms with Crippen LogP contribution >= 0.6 is 0 Å². The average Bonchev–Trinajstić information content (AvgIpc) is 3.14. The van der Waals surface area contributed by atoms with Crippen LogP contribution in [-0.2, 0) is 14.3 Å². The van der Waals surface area contributed by atoms with Crippen molar-refractivity contribution >= 4 is 17.5 Å². The Morgan fingerprint density at radius 2 is 1.77 bits per heavy atom. The summed E-state index contributed by atoms with van der Waals surface area (Å²) in [6.45, 7) is 1.88. The number of allylic oxidation sites excluding steroid dienone is 1. The molecule has 0 unspecified atom stereocenters. The molecule has 2 saturated carbocycles. The number of ether oxygens (including phenoxy) is 1. The number of nitrogens with zero attached hydrogens (tertiary/aromatic N) is 1. The molecule has 4 heteroatoms. The number of Topliss-reactive ketones (excluding diaryl/α,β-unsaturated/α-hetero) is 1. The largest absolute Gasteiger partial charge is 0.459 e. The highest BCUT2D eigenvalue weighted by Gasteiger charge is 2.44. The van der Waals surface area contributed by atoms with Crippen molar-refractivity contribution in [1.29, 1.82) is 0 Å². The Labute approximate surface area is 154 Å². The maximum absolute atomic E-state index is 13.1. The summed E-state index contributed by atoms with van der Waals surface area (Å²) >= 11 is 0. The molecule has 4 rings (SSSR count). The first-order valence-corrected chi connectivity index (χ1v) is 9.72. The molecule has 4 nitrogen and oxygen atoms in total. The van der Waals surface area contributed by atoms with E-state index in [9.17, 15) is 9.59 Å². The molecular weight excluding hydrogens is 326 g/mol. The number of esters is 1. The molecule has 2 fully saturated rings. The monoisotopic (exact) mass is 351 g/mol. The Kier molecular flexibility index (Phi) is 4.75. The lowest BCUT2D eigenvalue weighted by Crippen LogP contribution is -2.39. The van der Waals surface area contributed by atoms with E-state index in [-0.39, 0.29) is 29.7 Å². The van der Waals surface area contributed by atoms with Gasteiger partial charge in [-0.25, -0.2) is 4.79 Å². The first kappa shape index (κ1) is 17.2. The van der Waals surface area contributed by atoms with Gasteiger partial charge in [-0.2, -0.15) is 0 Å². The topological polar surface area (TPSA) is 55.7 Å². The standard InChI is InChI=1S/C22H25NO3/c1-14-19(22(25)26-16-10-5-6-11-16)20(15-8-3-2-4-9-15)21-17(23-14)12-7-13-18(21)24/h2-4,8-9,16,20-21H,5-7,10-13H2,1H3/t20-,21+/m1/s1. The zero-order chi connectivity index (χ0) is 18.1. The van der Waals surface area contributed by atoms with E-state index in [1.807, 2.05) is 37.3 Å². The van der Waals surface area contributed by atoms with Gasteiger partial charge in [0.15, 0.2) is 0 Å². The Morgan fingerprint density at radius 1 is 1.04 bits per heavy atom. The van der Waals surface area contributed by atoms with Crippen LogP contribution in [0, 0.1) is 5.92 Å². The van der Waals surface area contributed by atoms with E-state index in [4.69, 9.17) is 4.74 Å². The second kappa shape index (κ2) is 7.18. The molecule has 3 aliphatic rings. The number of fused-ring (bicyclic) bond motifs is 1. The Morgan fingerprint density at radius 3 is 2.50 bits per heavy atom. The van der Waals surface area contributed by atoms with Gasteiger partial charge in [0.1, 0.15) is 11.9 Å². The van der Waals surface area contributed by atoms with Gasteiger partial charge in [0, 0.05) is 23.7 Å². The smallest absolute Gasteiger partial charge is 0.336 e. The molecule has 2 aliphatic carbocycles. The lowest BCUT2D eigenvalue weighted by atomic mass is 9.69. The predicted octanol–water partition coefficient (Wildman–Crippen LogP) is 4.35. The molecule has 0 amide bonds. The number of hydrogen-bond acceptors (Lipinski definition) is 4. The number of rotatable bonds is 3. The molecule has 1 heterocycles. The third-order valence-corrected chi connectivity index (χ3v) is 5.86. The van der Waals surface area contributed by atoms with Crippen molar-refractivity contribution < 1.29 is 14.3 Å². The van der Waals surface area contributed by atoms with Gasteiger partial charge in [-0.15, -0.1) is 0 Å². The number of ketones is 1. The van der Waals surface area contributed by atoms with E-state index in [0.29, 0.717) is 17.7 Å². The van der Waals surface area contributed by atoms with E-state index < -0.39 is 0 Å². The van der Waals surface area contributed by atoms with Crippen LogP contribution in [0.2, 0.25) is 0 Å². The summed E-state index contributed by atoms with van der Waals surface area (Å²) in [6.07, 6.45) is 6.36. The van der Waals surface area contributed by atoms with Crippen LogP contribution in [0.1, 0.15) is 63.4 Å². The van der Waals surface area contributed by atoms with Crippen LogP contribution in [-0.4, -0.2) is 23.6 Å². The number of hydrogen-bond donors (Lipinski definition) is 0. The first-order valence-electron chi connectivity index (χ1n) is 9.72. The quantitative estimate of drug-likeness (QED) is 0.761. The van der Waals surface area contributed by atoms with Gasteiger partial charge in [-0.3, -0.25) is 9.79 Å². The summed E-state index contributed by atoms with van der Waals surface area (Å²) in [4.78, 5) is 30.5. The average molecular weight is 351 g/mol. The van der Waals surface area contributed by atoms with Crippen molar-refractivity contribution in [2.24, 2.45) is 10.9 Å². The fraction of sp³-hybridized carbons (Fsp3) is 0.500. The van der Waals surface area contributed by atoms with E-state index in [0.717, 1.165) is 49.8 Å². The Hall–Kier alpha value is -2.23. The number of carbonyl (C=O) groups excluding carboxylic acids is 2. The third-order valence-electron chi connectivity index (χ3n) is 5.86. The molecule has 0 saturated heterocycles.